The highest BCUT2D eigenvalue weighted by Gasteiger charge is 2.32. The van der Waals surface area contributed by atoms with Crippen molar-refractivity contribution in [1.82, 2.24) is 5.32 Å². The first kappa shape index (κ1) is 7.60. The molecule has 1 nitrogen and oxygen atoms in total. The molecule has 0 aromatic heterocycles. The van der Waals surface area contributed by atoms with E-state index in [4.69, 9.17) is 0 Å². The molecule has 2 aliphatic carbocycles. The Morgan fingerprint density at radius 2 is 1.91 bits per heavy atom. The van der Waals surface area contributed by atoms with Crippen LogP contribution in [0.1, 0.15) is 39.0 Å². The van der Waals surface area contributed by atoms with Gasteiger partial charge in [-0.2, -0.15) is 0 Å². The third-order valence-corrected chi connectivity index (χ3v) is 3.30. The molecule has 0 amide bonds. The van der Waals surface area contributed by atoms with Crippen molar-refractivity contribution >= 4 is 0 Å². The van der Waals surface area contributed by atoms with Crippen molar-refractivity contribution in [2.45, 2.75) is 45.1 Å². The maximum Gasteiger partial charge on any atom is 0.00671 e. The smallest absolute Gasteiger partial charge is 0.00671 e. The summed E-state index contributed by atoms with van der Waals surface area (Å²) in [7, 11) is 0. The van der Waals surface area contributed by atoms with Gasteiger partial charge in [0, 0.05) is 6.04 Å². The summed E-state index contributed by atoms with van der Waals surface area (Å²) in [6.45, 7) is 3.66. The summed E-state index contributed by atoms with van der Waals surface area (Å²) in [4.78, 5) is 0. The third-order valence-electron chi connectivity index (χ3n) is 3.30. The van der Waals surface area contributed by atoms with Crippen molar-refractivity contribution in [3.05, 3.63) is 0 Å². The minimum absolute atomic E-state index is 0.878. The van der Waals surface area contributed by atoms with Crippen molar-refractivity contribution in [1.29, 1.82) is 0 Å². The molecule has 2 fully saturated rings. The van der Waals surface area contributed by atoms with Crippen molar-refractivity contribution in [3.8, 4) is 0 Å². The second-order valence-corrected chi connectivity index (χ2v) is 4.36. The molecule has 0 radical (unpaired) electrons. The lowest BCUT2D eigenvalue weighted by Gasteiger charge is -2.10. The lowest BCUT2D eigenvalue weighted by atomic mass is 10.2. The Hall–Kier alpha value is -0.0400. The van der Waals surface area contributed by atoms with E-state index in [2.05, 4.69) is 12.2 Å². The van der Waals surface area contributed by atoms with E-state index in [0.717, 1.165) is 17.9 Å². The second kappa shape index (κ2) is 3.14. The van der Waals surface area contributed by atoms with Crippen LogP contribution in [-0.2, 0) is 0 Å². The van der Waals surface area contributed by atoms with E-state index in [9.17, 15) is 0 Å². The molecule has 2 unspecified atom stereocenters. The molecule has 2 rings (SSSR count). The molecule has 2 atom stereocenters. The molecule has 0 aromatic carbocycles. The van der Waals surface area contributed by atoms with Gasteiger partial charge < -0.3 is 5.32 Å². The normalized spacial score (nSPS) is 37.9. The topological polar surface area (TPSA) is 12.0 Å². The zero-order valence-electron chi connectivity index (χ0n) is 7.47. The molecule has 2 aliphatic rings. The van der Waals surface area contributed by atoms with E-state index in [1.807, 2.05) is 0 Å². The first-order chi connectivity index (χ1) is 5.36. The van der Waals surface area contributed by atoms with Crippen LogP contribution in [0.15, 0.2) is 0 Å². The Bertz CT molecular complexity index is 127. The van der Waals surface area contributed by atoms with Gasteiger partial charge in [0.15, 0.2) is 0 Å². The van der Waals surface area contributed by atoms with Crippen LogP contribution in [0.25, 0.3) is 0 Å². The summed E-state index contributed by atoms with van der Waals surface area (Å²) in [5.74, 6) is 2.04. The Balaban J connectivity index is 1.59. The third kappa shape index (κ3) is 1.96. The summed E-state index contributed by atoms with van der Waals surface area (Å²) in [5.41, 5.74) is 0. The molecule has 0 aromatic rings. The minimum atomic E-state index is 0.878. The molecule has 0 spiro atoms. The van der Waals surface area contributed by atoms with Crippen LogP contribution in [0, 0.1) is 11.8 Å². The Kier molecular flexibility index (Phi) is 2.17. The van der Waals surface area contributed by atoms with Gasteiger partial charge in [0.1, 0.15) is 0 Å². The van der Waals surface area contributed by atoms with Gasteiger partial charge in [-0.3, -0.25) is 0 Å². The summed E-state index contributed by atoms with van der Waals surface area (Å²) in [6, 6.07) is 0.878. The lowest BCUT2D eigenvalue weighted by molar-refractivity contribution is 0.498. The van der Waals surface area contributed by atoms with Crippen LogP contribution in [0.3, 0.4) is 0 Å². The molecule has 0 bridgehead atoms. The van der Waals surface area contributed by atoms with Gasteiger partial charge in [0.25, 0.3) is 0 Å². The zero-order valence-corrected chi connectivity index (χ0v) is 7.47. The SMILES string of the molecule is CC1CC1CNC1CCCC1. The van der Waals surface area contributed by atoms with Gasteiger partial charge in [-0.05, 0) is 37.6 Å². The number of rotatable bonds is 3. The average molecular weight is 153 g/mol. The Morgan fingerprint density at radius 3 is 2.45 bits per heavy atom. The summed E-state index contributed by atoms with van der Waals surface area (Å²) >= 11 is 0. The molecule has 1 heteroatoms. The summed E-state index contributed by atoms with van der Waals surface area (Å²) < 4.78 is 0. The summed E-state index contributed by atoms with van der Waals surface area (Å²) in [6.07, 6.45) is 7.25. The summed E-state index contributed by atoms with van der Waals surface area (Å²) in [5, 5.41) is 3.67. The van der Waals surface area contributed by atoms with Crippen LogP contribution >= 0.6 is 0 Å². The number of hydrogen-bond acceptors (Lipinski definition) is 1. The first-order valence-corrected chi connectivity index (χ1v) is 5.09. The molecule has 0 aliphatic heterocycles. The van der Waals surface area contributed by atoms with Crippen LogP contribution in [0.4, 0.5) is 0 Å². The fourth-order valence-electron chi connectivity index (χ4n) is 2.13. The van der Waals surface area contributed by atoms with E-state index in [1.54, 1.807) is 0 Å². The molecule has 1 N–H and O–H groups in total. The molecule has 64 valence electrons. The number of nitrogens with one attached hydrogen (secondary N) is 1. The van der Waals surface area contributed by atoms with E-state index in [1.165, 1.54) is 38.6 Å². The number of hydrogen-bond donors (Lipinski definition) is 1. The fraction of sp³-hybridized carbons (Fsp3) is 1.00. The van der Waals surface area contributed by atoms with Gasteiger partial charge in [-0.25, -0.2) is 0 Å². The highest BCUT2D eigenvalue weighted by molar-refractivity contribution is 4.86. The predicted octanol–water partition coefficient (Wildman–Crippen LogP) is 2.17. The van der Waals surface area contributed by atoms with Crippen LogP contribution in [-0.4, -0.2) is 12.6 Å². The monoisotopic (exact) mass is 153 g/mol. The van der Waals surface area contributed by atoms with Crippen molar-refractivity contribution in [2.24, 2.45) is 11.8 Å². The molecule has 11 heavy (non-hydrogen) atoms. The first-order valence-electron chi connectivity index (χ1n) is 5.09. The Morgan fingerprint density at radius 1 is 1.27 bits per heavy atom. The molecule has 0 heterocycles. The van der Waals surface area contributed by atoms with E-state index in [-0.39, 0.29) is 0 Å². The van der Waals surface area contributed by atoms with Crippen molar-refractivity contribution in [3.63, 3.8) is 0 Å². The van der Waals surface area contributed by atoms with Crippen LogP contribution in [0.2, 0.25) is 0 Å². The molecular weight excluding hydrogens is 134 g/mol. The van der Waals surface area contributed by atoms with Gasteiger partial charge in [-0.15, -0.1) is 0 Å². The van der Waals surface area contributed by atoms with Crippen LogP contribution < -0.4 is 5.32 Å². The molecule has 0 saturated heterocycles. The maximum atomic E-state index is 3.67. The fourth-order valence-corrected chi connectivity index (χ4v) is 2.13. The molecular formula is C10H19N. The maximum absolute atomic E-state index is 3.67. The van der Waals surface area contributed by atoms with Crippen LogP contribution in [0.5, 0.6) is 0 Å². The zero-order chi connectivity index (χ0) is 7.68. The van der Waals surface area contributed by atoms with Crippen molar-refractivity contribution < 1.29 is 0 Å². The quantitative estimate of drug-likeness (QED) is 0.655. The van der Waals surface area contributed by atoms with E-state index in [0.29, 0.717) is 0 Å². The highest BCUT2D eigenvalue weighted by atomic mass is 14.9. The second-order valence-electron chi connectivity index (χ2n) is 4.36. The van der Waals surface area contributed by atoms with Gasteiger partial charge >= 0.3 is 0 Å². The minimum Gasteiger partial charge on any atom is -0.314 e. The Labute approximate surface area is 69.6 Å². The lowest BCUT2D eigenvalue weighted by Crippen LogP contribution is -2.28. The predicted molar refractivity (Wildman–Crippen MR) is 47.5 cm³/mol. The van der Waals surface area contributed by atoms with E-state index < -0.39 is 0 Å². The van der Waals surface area contributed by atoms with Gasteiger partial charge in [0.2, 0.25) is 0 Å². The van der Waals surface area contributed by atoms with Gasteiger partial charge in [0.05, 0.1) is 0 Å². The van der Waals surface area contributed by atoms with E-state index >= 15 is 0 Å². The highest BCUT2D eigenvalue weighted by Crippen LogP contribution is 2.37. The molecule has 2 saturated carbocycles. The van der Waals surface area contributed by atoms with Gasteiger partial charge in [-0.1, -0.05) is 19.8 Å². The largest absolute Gasteiger partial charge is 0.314 e. The average Bonchev–Trinajstić information content (AvgIpc) is 2.55. The standard InChI is InChI=1S/C10H19N/c1-8-6-9(8)7-11-10-4-2-3-5-10/h8-11H,2-7H2,1H3. The van der Waals surface area contributed by atoms with Crippen molar-refractivity contribution in [2.75, 3.05) is 6.54 Å².